The first-order valence-corrected chi connectivity index (χ1v) is 12.7. The van der Waals surface area contributed by atoms with Gasteiger partial charge in [-0.2, -0.15) is 0 Å². The average Bonchev–Trinajstić information content (AvgIpc) is 3.28. The van der Waals surface area contributed by atoms with E-state index in [1.54, 1.807) is 12.0 Å². The molecular weight excluding hydrogens is 438 g/mol. The summed E-state index contributed by atoms with van der Waals surface area (Å²) in [6.07, 6.45) is 6.16. The van der Waals surface area contributed by atoms with Crippen LogP contribution < -0.4 is 0 Å². The predicted molar refractivity (Wildman–Crippen MR) is 141 cm³/mol. The van der Waals surface area contributed by atoms with Gasteiger partial charge in [-0.25, -0.2) is 0 Å². The molecule has 0 aliphatic rings. The largest absolute Gasteiger partial charge is 0.383 e. The van der Waals surface area contributed by atoms with E-state index in [-0.39, 0.29) is 18.4 Å². The van der Waals surface area contributed by atoms with Crippen LogP contribution in [0.25, 0.3) is 10.9 Å². The number of para-hydroxylation sites is 1. The number of fused-ring (bicyclic) bond motifs is 1. The first-order chi connectivity index (χ1) is 17.0. The van der Waals surface area contributed by atoms with Gasteiger partial charge in [0.05, 0.1) is 13.2 Å². The van der Waals surface area contributed by atoms with Crippen LogP contribution in [0.1, 0.15) is 49.3 Å². The molecule has 1 aromatic heterocycles. The third-order valence-corrected chi connectivity index (χ3v) is 6.41. The quantitative estimate of drug-likeness (QED) is 0.329. The fraction of sp³-hybridized carbons (Fsp3) is 0.448. The summed E-state index contributed by atoms with van der Waals surface area (Å²) in [5, 5.41) is 1.18. The molecule has 0 radical (unpaired) electrons. The van der Waals surface area contributed by atoms with Crippen molar-refractivity contribution in [2.75, 3.05) is 33.4 Å². The SMILES string of the molecule is CCCCCC(=O)N(CCOC)CC(=O)N(CCc1c[nH]c2ccccc12)Cc1ccc(C)cc1. The van der Waals surface area contributed by atoms with Gasteiger partial charge in [-0.15, -0.1) is 0 Å². The molecule has 1 N–H and O–H groups in total. The average molecular weight is 478 g/mol. The molecular formula is C29H39N3O3. The Kier molecular flexibility index (Phi) is 10.4. The van der Waals surface area contributed by atoms with Gasteiger partial charge >= 0.3 is 0 Å². The highest BCUT2D eigenvalue weighted by Crippen LogP contribution is 2.19. The fourth-order valence-corrected chi connectivity index (χ4v) is 4.24. The number of rotatable bonds is 14. The number of methoxy groups -OCH3 is 1. The number of nitrogens with one attached hydrogen (secondary N) is 1. The maximum absolute atomic E-state index is 13.5. The van der Waals surface area contributed by atoms with Crippen LogP contribution in [-0.2, 0) is 27.3 Å². The van der Waals surface area contributed by atoms with Crippen molar-refractivity contribution in [1.82, 2.24) is 14.8 Å². The van der Waals surface area contributed by atoms with E-state index in [0.717, 1.165) is 36.8 Å². The Hall–Kier alpha value is -3.12. The van der Waals surface area contributed by atoms with Crippen LogP contribution in [0.15, 0.2) is 54.7 Å². The van der Waals surface area contributed by atoms with Crippen LogP contribution in [0, 0.1) is 6.92 Å². The number of unbranched alkanes of at least 4 members (excludes halogenated alkanes) is 2. The van der Waals surface area contributed by atoms with Gasteiger partial charge in [0.2, 0.25) is 11.8 Å². The molecule has 0 saturated heterocycles. The zero-order valence-corrected chi connectivity index (χ0v) is 21.4. The van der Waals surface area contributed by atoms with Crippen LogP contribution >= 0.6 is 0 Å². The van der Waals surface area contributed by atoms with Crippen LogP contribution in [0.3, 0.4) is 0 Å². The molecule has 3 aromatic rings. The van der Waals surface area contributed by atoms with E-state index in [2.05, 4.69) is 55.2 Å². The summed E-state index contributed by atoms with van der Waals surface area (Å²) >= 11 is 0. The van der Waals surface area contributed by atoms with E-state index >= 15 is 0 Å². The van der Waals surface area contributed by atoms with Gasteiger partial charge in [0.25, 0.3) is 0 Å². The van der Waals surface area contributed by atoms with Gasteiger partial charge in [0.15, 0.2) is 0 Å². The Labute approximate surface area is 209 Å². The first kappa shape index (κ1) is 26.5. The maximum Gasteiger partial charge on any atom is 0.242 e. The molecule has 3 rings (SSSR count). The van der Waals surface area contributed by atoms with E-state index < -0.39 is 0 Å². The van der Waals surface area contributed by atoms with Crippen LogP contribution in [-0.4, -0.2) is 59.9 Å². The van der Waals surface area contributed by atoms with Crippen LogP contribution in [0.5, 0.6) is 0 Å². The Morgan fingerprint density at radius 2 is 1.71 bits per heavy atom. The lowest BCUT2D eigenvalue weighted by molar-refractivity contribution is -0.141. The van der Waals surface area contributed by atoms with E-state index in [4.69, 9.17) is 4.74 Å². The number of hydrogen-bond acceptors (Lipinski definition) is 3. The number of H-pyrrole nitrogens is 1. The smallest absolute Gasteiger partial charge is 0.242 e. The van der Waals surface area contributed by atoms with Crippen molar-refractivity contribution in [3.63, 3.8) is 0 Å². The maximum atomic E-state index is 13.5. The second-order valence-electron chi connectivity index (χ2n) is 9.18. The molecule has 0 aliphatic carbocycles. The molecule has 188 valence electrons. The lowest BCUT2D eigenvalue weighted by Gasteiger charge is -2.28. The molecule has 0 fully saturated rings. The number of amides is 2. The minimum absolute atomic E-state index is 0.0239. The highest BCUT2D eigenvalue weighted by Gasteiger charge is 2.21. The highest BCUT2D eigenvalue weighted by atomic mass is 16.5. The molecule has 0 atom stereocenters. The summed E-state index contributed by atoms with van der Waals surface area (Å²) in [5.74, 6) is -0.0128. The lowest BCUT2D eigenvalue weighted by Crippen LogP contribution is -2.44. The van der Waals surface area contributed by atoms with Crippen molar-refractivity contribution in [3.8, 4) is 0 Å². The lowest BCUT2D eigenvalue weighted by atomic mass is 10.1. The molecule has 0 bridgehead atoms. The summed E-state index contributed by atoms with van der Waals surface area (Å²) in [6.45, 7) is 6.19. The molecule has 0 aliphatic heterocycles. The molecule has 6 heteroatoms. The number of hydrogen-bond donors (Lipinski definition) is 1. The van der Waals surface area contributed by atoms with E-state index in [0.29, 0.717) is 32.7 Å². The Morgan fingerprint density at radius 3 is 2.46 bits per heavy atom. The van der Waals surface area contributed by atoms with Crippen molar-refractivity contribution < 1.29 is 14.3 Å². The van der Waals surface area contributed by atoms with Gasteiger partial charge in [-0.1, -0.05) is 67.8 Å². The second-order valence-corrected chi connectivity index (χ2v) is 9.18. The standard InChI is InChI=1S/C29H39N3O3/c1-4-5-6-11-28(33)32(18-19-35-3)22-29(34)31(21-24-14-12-23(2)13-15-24)17-16-25-20-30-27-10-8-7-9-26(25)27/h7-10,12-15,20,30H,4-6,11,16-19,21-22H2,1-3H3. The van der Waals surface area contributed by atoms with E-state index in [1.807, 2.05) is 23.2 Å². The first-order valence-electron chi connectivity index (χ1n) is 12.7. The molecule has 0 unspecified atom stereocenters. The van der Waals surface area contributed by atoms with E-state index in [9.17, 15) is 9.59 Å². The van der Waals surface area contributed by atoms with Crippen molar-refractivity contribution in [2.24, 2.45) is 0 Å². The Balaban J connectivity index is 1.74. The summed E-state index contributed by atoms with van der Waals surface area (Å²) < 4.78 is 5.21. The third kappa shape index (κ3) is 7.96. The van der Waals surface area contributed by atoms with Crippen molar-refractivity contribution in [1.29, 1.82) is 0 Å². The van der Waals surface area contributed by atoms with Gasteiger partial charge in [0, 0.05) is 50.3 Å². The van der Waals surface area contributed by atoms with Gasteiger partial charge in [-0.3, -0.25) is 9.59 Å². The molecule has 6 nitrogen and oxygen atoms in total. The topological polar surface area (TPSA) is 65.6 Å². The van der Waals surface area contributed by atoms with Crippen molar-refractivity contribution in [3.05, 3.63) is 71.4 Å². The summed E-state index contributed by atoms with van der Waals surface area (Å²) in [7, 11) is 1.62. The zero-order chi connectivity index (χ0) is 25.0. The number of aromatic nitrogens is 1. The molecule has 1 heterocycles. The van der Waals surface area contributed by atoms with Crippen molar-refractivity contribution in [2.45, 2.75) is 52.5 Å². The van der Waals surface area contributed by atoms with Crippen LogP contribution in [0.2, 0.25) is 0 Å². The van der Waals surface area contributed by atoms with Crippen molar-refractivity contribution >= 4 is 22.7 Å². The van der Waals surface area contributed by atoms with Gasteiger partial charge < -0.3 is 19.5 Å². The highest BCUT2D eigenvalue weighted by molar-refractivity contribution is 5.85. The van der Waals surface area contributed by atoms with Crippen LogP contribution in [0.4, 0.5) is 0 Å². The minimum atomic E-state index is -0.0367. The molecule has 2 amide bonds. The zero-order valence-electron chi connectivity index (χ0n) is 21.4. The Bertz CT molecular complexity index is 1070. The van der Waals surface area contributed by atoms with Gasteiger partial charge in [-0.05, 0) is 37.0 Å². The second kappa shape index (κ2) is 13.7. The number of aryl methyl sites for hydroxylation is 1. The fourth-order valence-electron chi connectivity index (χ4n) is 4.24. The minimum Gasteiger partial charge on any atom is -0.383 e. The number of aromatic amines is 1. The van der Waals surface area contributed by atoms with E-state index in [1.165, 1.54) is 16.5 Å². The third-order valence-electron chi connectivity index (χ3n) is 6.41. The molecule has 35 heavy (non-hydrogen) atoms. The summed E-state index contributed by atoms with van der Waals surface area (Å²) in [5.41, 5.74) is 4.56. The molecule has 2 aromatic carbocycles. The Morgan fingerprint density at radius 1 is 0.943 bits per heavy atom. The predicted octanol–water partition coefficient (Wildman–Crippen LogP) is 5.10. The number of benzene rings is 2. The number of ether oxygens (including phenoxy) is 1. The molecule has 0 saturated carbocycles. The normalized spacial score (nSPS) is 11.1. The number of carbonyl (C=O) groups excluding carboxylic acids is 2. The summed E-state index contributed by atoms with van der Waals surface area (Å²) in [6, 6.07) is 16.5. The number of carbonyl (C=O) groups is 2. The monoisotopic (exact) mass is 477 g/mol. The molecule has 0 spiro atoms. The van der Waals surface area contributed by atoms with Gasteiger partial charge in [0.1, 0.15) is 0 Å². The number of nitrogens with zero attached hydrogens (tertiary/aromatic N) is 2. The summed E-state index contributed by atoms with van der Waals surface area (Å²) in [4.78, 5) is 33.3.